The Morgan fingerprint density at radius 1 is 1.16 bits per heavy atom. The molecule has 0 radical (unpaired) electrons. The SMILES string of the molecule is CC(C)(C)c1nc(N)cc(Oc2ccccc2Cl)n1. The van der Waals surface area contributed by atoms with E-state index in [4.69, 9.17) is 22.1 Å². The predicted molar refractivity (Wildman–Crippen MR) is 76.7 cm³/mol. The van der Waals surface area contributed by atoms with Crippen LogP contribution >= 0.6 is 11.6 Å². The predicted octanol–water partition coefficient (Wildman–Crippen LogP) is 3.80. The monoisotopic (exact) mass is 277 g/mol. The Labute approximate surface area is 117 Å². The third-order valence-corrected chi connectivity index (χ3v) is 2.76. The number of anilines is 1. The summed E-state index contributed by atoms with van der Waals surface area (Å²) in [6.07, 6.45) is 0. The molecule has 0 aliphatic heterocycles. The minimum atomic E-state index is -0.200. The van der Waals surface area contributed by atoms with Crippen molar-refractivity contribution < 1.29 is 4.74 Å². The fourth-order valence-electron chi connectivity index (χ4n) is 1.47. The van der Waals surface area contributed by atoms with Crippen molar-refractivity contribution in [2.75, 3.05) is 5.73 Å². The van der Waals surface area contributed by atoms with E-state index in [9.17, 15) is 0 Å². The second-order valence-electron chi connectivity index (χ2n) is 5.24. The first kappa shape index (κ1) is 13.6. The smallest absolute Gasteiger partial charge is 0.224 e. The summed E-state index contributed by atoms with van der Waals surface area (Å²) in [6.45, 7) is 6.04. The number of hydrogen-bond donors (Lipinski definition) is 1. The normalized spacial score (nSPS) is 11.4. The highest BCUT2D eigenvalue weighted by Crippen LogP contribution is 2.29. The van der Waals surface area contributed by atoms with E-state index in [2.05, 4.69) is 9.97 Å². The van der Waals surface area contributed by atoms with Crippen LogP contribution in [0.2, 0.25) is 5.02 Å². The second kappa shape index (κ2) is 5.05. The molecule has 0 atom stereocenters. The van der Waals surface area contributed by atoms with Crippen molar-refractivity contribution >= 4 is 17.4 Å². The van der Waals surface area contributed by atoms with E-state index in [1.807, 2.05) is 32.9 Å². The lowest BCUT2D eigenvalue weighted by Crippen LogP contribution is -2.17. The molecule has 0 fully saturated rings. The van der Waals surface area contributed by atoms with Crippen LogP contribution in [0, 0.1) is 0 Å². The van der Waals surface area contributed by atoms with Gasteiger partial charge in [-0.2, -0.15) is 4.98 Å². The fraction of sp³-hybridized carbons (Fsp3) is 0.286. The van der Waals surface area contributed by atoms with Crippen molar-refractivity contribution in [1.29, 1.82) is 0 Å². The van der Waals surface area contributed by atoms with Crippen molar-refractivity contribution in [3.63, 3.8) is 0 Å². The van der Waals surface area contributed by atoms with Gasteiger partial charge in [0.25, 0.3) is 0 Å². The number of benzene rings is 1. The van der Waals surface area contributed by atoms with Crippen molar-refractivity contribution in [3.05, 3.63) is 41.2 Å². The Bertz CT molecular complexity index is 593. The fourth-order valence-corrected chi connectivity index (χ4v) is 1.64. The van der Waals surface area contributed by atoms with Crippen LogP contribution in [0.15, 0.2) is 30.3 Å². The first-order valence-electron chi connectivity index (χ1n) is 5.94. The lowest BCUT2D eigenvalue weighted by atomic mass is 9.96. The molecule has 0 unspecified atom stereocenters. The van der Waals surface area contributed by atoms with Crippen molar-refractivity contribution in [1.82, 2.24) is 9.97 Å². The van der Waals surface area contributed by atoms with E-state index in [1.54, 1.807) is 18.2 Å². The summed E-state index contributed by atoms with van der Waals surface area (Å²) >= 11 is 6.04. The summed E-state index contributed by atoms with van der Waals surface area (Å²) in [4.78, 5) is 8.59. The van der Waals surface area contributed by atoms with Gasteiger partial charge in [-0.15, -0.1) is 0 Å². The lowest BCUT2D eigenvalue weighted by molar-refractivity contribution is 0.447. The Hall–Kier alpha value is -1.81. The van der Waals surface area contributed by atoms with E-state index in [0.717, 1.165) is 0 Å². The van der Waals surface area contributed by atoms with E-state index < -0.39 is 0 Å². The third kappa shape index (κ3) is 3.35. The Balaban J connectivity index is 2.36. The number of nitrogens with zero attached hydrogens (tertiary/aromatic N) is 2. The zero-order valence-corrected chi connectivity index (χ0v) is 11.9. The third-order valence-electron chi connectivity index (χ3n) is 2.44. The summed E-state index contributed by atoms with van der Waals surface area (Å²) in [6, 6.07) is 8.79. The van der Waals surface area contributed by atoms with Gasteiger partial charge in [-0.3, -0.25) is 0 Å². The molecule has 0 saturated heterocycles. The molecule has 1 aromatic carbocycles. The van der Waals surface area contributed by atoms with E-state index in [0.29, 0.717) is 28.3 Å². The number of hydrogen-bond acceptors (Lipinski definition) is 4. The molecule has 2 aromatic rings. The molecule has 19 heavy (non-hydrogen) atoms. The van der Waals surface area contributed by atoms with E-state index >= 15 is 0 Å². The molecule has 0 saturated carbocycles. The summed E-state index contributed by atoms with van der Waals surface area (Å²) in [5.41, 5.74) is 5.58. The van der Waals surface area contributed by atoms with Gasteiger partial charge in [-0.1, -0.05) is 44.5 Å². The summed E-state index contributed by atoms with van der Waals surface area (Å²) in [5, 5.41) is 0.525. The number of rotatable bonds is 2. The molecule has 1 heterocycles. The molecule has 0 spiro atoms. The first-order valence-corrected chi connectivity index (χ1v) is 6.31. The molecule has 0 amide bonds. The molecule has 2 N–H and O–H groups in total. The average Bonchev–Trinajstić information content (AvgIpc) is 2.30. The molecule has 2 rings (SSSR count). The maximum absolute atomic E-state index is 6.04. The maximum atomic E-state index is 6.04. The molecular weight excluding hydrogens is 262 g/mol. The summed E-state index contributed by atoms with van der Waals surface area (Å²) in [7, 11) is 0. The summed E-state index contributed by atoms with van der Waals surface area (Å²) < 4.78 is 5.66. The van der Waals surface area contributed by atoms with Crippen LogP contribution in [0.25, 0.3) is 0 Å². The number of halogens is 1. The van der Waals surface area contributed by atoms with Gasteiger partial charge in [0.2, 0.25) is 5.88 Å². The zero-order chi connectivity index (χ0) is 14.0. The molecule has 0 bridgehead atoms. The number of ether oxygens (including phenoxy) is 1. The molecule has 4 nitrogen and oxygen atoms in total. The Morgan fingerprint density at radius 2 is 1.84 bits per heavy atom. The van der Waals surface area contributed by atoms with Crippen molar-refractivity contribution in [3.8, 4) is 11.6 Å². The van der Waals surface area contributed by atoms with Crippen molar-refractivity contribution in [2.45, 2.75) is 26.2 Å². The number of nitrogens with two attached hydrogens (primary N) is 1. The van der Waals surface area contributed by atoms with Gasteiger partial charge >= 0.3 is 0 Å². The van der Waals surface area contributed by atoms with Gasteiger partial charge < -0.3 is 10.5 Å². The molecule has 0 aliphatic carbocycles. The number of para-hydroxylation sites is 1. The highest BCUT2D eigenvalue weighted by Gasteiger charge is 2.19. The Kier molecular flexibility index (Phi) is 3.62. The van der Waals surface area contributed by atoms with Gasteiger partial charge in [-0.25, -0.2) is 4.98 Å². The van der Waals surface area contributed by atoms with Crippen LogP contribution < -0.4 is 10.5 Å². The van der Waals surface area contributed by atoms with Gasteiger partial charge in [0.05, 0.1) is 5.02 Å². The van der Waals surface area contributed by atoms with Crippen LogP contribution in [0.1, 0.15) is 26.6 Å². The van der Waals surface area contributed by atoms with Crippen LogP contribution in [-0.4, -0.2) is 9.97 Å². The molecular formula is C14H16ClN3O. The minimum absolute atomic E-state index is 0.200. The van der Waals surface area contributed by atoms with Gasteiger partial charge in [0.1, 0.15) is 17.4 Å². The topological polar surface area (TPSA) is 61.0 Å². The van der Waals surface area contributed by atoms with Crippen LogP contribution in [0.3, 0.4) is 0 Å². The second-order valence-corrected chi connectivity index (χ2v) is 5.64. The standard InChI is InChI=1S/C14H16ClN3O/c1-14(2,3)13-17-11(16)8-12(18-13)19-10-7-5-4-6-9(10)15/h4-8H,1-3H3,(H2,16,17,18). The molecule has 1 aromatic heterocycles. The minimum Gasteiger partial charge on any atom is -0.437 e. The average molecular weight is 278 g/mol. The van der Waals surface area contributed by atoms with E-state index in [-0.39, 0.29) is 5.41 Å². The van der Waals surface area contributed by atoms with Crippen LogP contribution in [0.5, 0.6) is 11.6 Å². The largest absolute Gasteiger partial charge is 0.437 e. The highest BCUT2D eigenvalue weighted by molar-refractivity contribution is 6.32. The Morgan fingerprint density at radius 3 is 2.47 bits per heavy atom. The van der Waals surface area contributed by atoms with Gasteiger partial charge in [0.15, 0.2) is 0 Å². The molecule has 100 valence electrons. The van der Waals surface area contributed by atoms with E-state index in [1.165, 1.54) is 0 Å². The van der Waals surface area contributed by atoms with Crippen LogP contribution in [0.4, 0.5) is 5.82 Å². The zero-order valence-electron chi connectivity index (χ0n) is 11.1. The lowest BCUT2D eigenvalue weighted by Gasteiger charge is -2.17. The summed E-state index contributed by atoms with van der Waals surface area (Å²) in [5.74, 6) is 1.95. The van der Waals surface area contributed by atoms with Crippen molar-refractivity contribution in [2.24, 2.45) is 0 Å². The first-order chi connectivity index (χ1) is 8.86. The maximum Gasteiger partial charge on any atom is 0.224 e. The van der Waals surface area contributed by atoms with Gasteiger partial charge in [-0.05, 0) is 12.1 Å². The van der Waals surface area contributed by atoms with Gasteiger partial charge in [0, 0.05) is 11.5 Å². The van der Waals surface area contributed by atoms with Crippen LogP contribution in [-0.2, 0) is 5.41 Å². The molecule has 5 heteroatoms. The molecule has 0 aliphatic rings. The quantitative estimate of drug-likeness (QED) is 0.907. The number of nitrogen functional groups attached to an aromatic ring is 1. The number of aromatic nitrogens is 2. The highest BCUT2D eigenvalue weighted by atomic mass is 35.5.